The molecule has 7 nitrogen and oxygen atoms in total. The molecule has 2 aromatic rings. The van der Waals surface area contributed by atoms with E-state index < -0.39 is 0 Å². The molecule has 0 aliphatic carbocycles. The van der Waals surface area contributed by atoms with Gasteiger partial charge in [-0.1, -0.05) is 16.8 Å². The summed E-state index contributed by atoms with van der Waals surface area (Å²) in [5.41, 5.74) is 1.80. The van der Waals surface area contributed by atoms with Crippen molar-refractivity contribution in [2.75, 3.05) is 0 Å². The molecule has 1 aromatic carbocycles. The van der Waals surface area contributed by atoms with Crippen LogP contribution in [0.5, 0.6) is 0 Å². The Balaban J connectivity index is 1.97. The van der Waals surface area contributed by atoms with Crippen LogP contribution in [0.1, 0.15) is 32.1 Å². The topological polar surface area (TPSA) is 91.8 Å². The van der Waals surface area contributed by atoms with E-state index in [9.17, 15) is 9.59 Å². The molecule has 7 heteroatoms. The van der Waals surface area contributed by atoms with Crippen LogP contribution in [-0.2, 0) is 6.54 Å². The molecule has 0 atom stereocenters. The largest absolute Gasteiger partial charge is 0.269 e. The Morgan fingerprint density at radius 2 is 2.00 bits per heavy atom. The van der Waals surface area contributed by atoms with E-state index in [1.54, 1.807) is 12.1 Å². The summed E-state index contributed by atoms with van der Waals surface area (Å²) in [6.07, 6.45) is 0. The number of fused-ring (bicyclic) bond motifs is 1. The Bertz CT molecular complexity index is 635. The van der Waals surface area contributed by atoms with Crippen molar-refractivity contribution in [2.45, 2.75) is 13.5 Å². The van der Waals surface area contributed by atoms with Gasteiger partial charge in [-0.25, -0.2) is 0 Å². The lowest BCUT2D eigenvalue weighted by Crippen LogP contribution is -2.29. The van der Waals surface area contributed by atoms with Gasteiger partial charge in [0.2, 0.25) is 0 Å². The van der Waals surface area contributed by atoms with Crippen LogP contribution in [0, 0.1) is 6.92 Å². The molecule has 0 saturated carbocycles. The maximum atomic E-state index is 12.1. The first-order valence-electron chi connectivity index (χ1n) is 5.36. The first-order chi connectivity index (χ1) is 8.66. The van der Waals surface area contributed by atoms with Crippen molar-refractivity contribution < 1.29 is 9.59 Å². The van der Waals surface area contributed by atoms with E-state index >= 15 is 0 Å². The lowest BCUT2D eigenvalue weighted by Gasteiger charge is -2.10. The van der Waals surface area contributed by atoms with Crippen LogP contribution in [-0.4, -0.2) is 37.3 Å². The molecule has 0 radical (unpaired) electrons. The number of rotatable bonds is 2. The predicted molar refractivity (Wildman–Crippen MR) is 59.6 cm³/mol. The average molecular weight is 243 g/mol. The third-order valence-electron chi connectivity index (χ3n) is 2.81. The molecule has 0 bridgehead atoms. The smallest absolute Gasteiger partial charge is 0.261 e. The summed E-state index contributed by atoms with van der Waals surface area (Å²) >= 11 is 0. The number of nitrogens with one attached hydrogen (secondary N) is 1. The first-order valence-corrected chi connectivity index (χ1v) is 5.36. The SMILES string of the molecule is Cc1ccc2c(c1)C(=O)N(Cc1nn[nH]n1)C2=O. The number of aryl methyl sites for hydroxylation is 1. The lowest BCUT2D eigenvalue weighted by atomic mass is 10.1. The number of nitrogens with zero attached hydrogens (tertiary/aromatic N) is 4. The number of carbonyl (C=O) groups is 2. The Hall–Kier alpha value is -2.57. The lowest BCUT2D eigenvalue weighted by molar-refractivity contribution is 0.0638. The van der Waals surface area contributed by atoms with Gasteiger partial charge in [-0.2, -0.15) is 5.21 Å². The number of H-pyrrole nitrogens is 1. The highest BCUT2D eigenvalue weighted by atomic mass is 16.2. The zero-order valence-corrected chi connectivity index (χ0v) is 9.54. The number of hydrogen-bond donors (Lipinski definition) is 1. The molecule has 1 aliphatic rings. The van der Waals surface area contributed by atoms with E-state index in [2.05, 4.69) is 20.6 Å². The Kier molecular flexibility index (Phi) is 2.19. The molecule has 0 unspecified atom stereocenters. The molecule has 0 spiro atoms. The van der Waals surface area contributed by atoms with Gasteiger partial charge in [-0.3, -0.25) is 14.5 Å². The van der Waals surface area contributed by atoms with Crippen molar-refractivity contribution in [3.63, 3.8) is 0 Å². The Labute approximate surface area is 102 Å². The molecular formula is C11H9N5O2. The Morgan fingerprint density at radius 1 is 1.22 bits per heavy atom. The van der Waals surface area contributed by atoms with Crippen LogP contribution >= 0.6 is 0 Å². The minimum absolute atomic E-state index is 0.0297. The summed E-state index contributed by atoms with van der Waals surface area (Å²) in [4.78, 5) is 25.3. The highest BCUT2D eigenvalue weighted by molar-refractivity contribution is 6.21. The molecule has 2 amide bonds. The number of benzene rings is 1. The summed E-state index contributed by atoms with van der Waals surface area (Å²) in [5.74, 6) is -0.329. The number of aromatic amines is 1. The van der Waals surface area contributed by atoms with E-state index in [-0.39, 0.29) is 18.4 Å². The Morgan fingerprint density at radius 3 is 2.72 bits per heavy atom. The van der Waals surface area contributed by atoms with E-state index in [1.165, 1.54) is 0 Å². The van der Waals surface area contributed by atoms with Crippen molar-refractivity contribution in [3.05, 3.63) is 40.7 Å². The summed E-state index contributed by atoms with van der Waals surface area (Å²) < 4.78 is 0. The van der Waals surface area contributed by atoms with E-state index in [0.29, 0.717) is 17.0 Å². The zero-order valence-electron chi connectivity index (χ0n) is 9.54. The molecule has 1 aliphatic heterocycles. The summed E-state index contributed by atoms with van der Waals surface area (Å²) in [6, 6.07) is 5.19. The van der Waals surface area contributed by atoms with E-state index in [1.807, 2.05) is 13.0 Å². The predicted octanol–water partition coefficient (Wildman–Crippen LogP) is 0.304. The number of amides is 2. The fourth-order valence-electron chi connectivity index (χ4n) is 1.94. The molecule has 0 fully saturated rings. The van der Waals surface area contributed by atoms with E-state index in [0.717, 1.165) is 10.5 Å². The van der Waals surface area contributed by atoms with Crippen LogP contribution < -0.4 is 0 Å². The number of aromatic nitrogens is 4. The minimum Gasteiger partial charge on any atom is -0.269 e. The third kappa shape index (κ3) is 1.48. The zero-order chi connectivity index (χ0) is 12.7. The van der Waals surface area contributed by atoms with Gasteiger partial charge in [0.25, 0.3) is 11.8 Å². The van der Waals surface area contributed by atoms with Gasteiger partial charge < -0.3 is 0 Å². The number of carbonyl (C=O) groups excluding carboxylic acids is 2. The summed E-state index contributed by atoms with van der Waals surface area (Å²) in [5, 5.41) is 13.1. The van der Waals surface area contributed by atoms with Crippen LogP contribution in [0.4, 0.5) is 0 Å². The van der Waals surface area contributed by atoms with Crippen molar-refractivity contribution in [3.8, 4) is 0 Å². The number of tetrazole rings is 1. The highest BCUT2D eigenvalue weighted by Crippen LogP contribution is 2.24. The van der Waals surface area contributed by atoms with Crippen molar-refractivity contribution in [2.24, 2.45) is 0 Å². The molecule has 1 N–H and O–H groups in total. The number of hydrogen-bond acceptors (Lipinski definition) is 5. The van der Waals surface area contributed by atoms with E-state index in [4.69, 9.17) is 0 Å². The van der Waals surface area contributed by atoms with Gasteiger partial charge in [-0.15, -0.1) is 10.2 Å². The fourth-order valence-corrected chi connectivity index (χ4v) is 1.94. The van der Waals surface area contributed by atoms with Crippen LogP contribution in [0.15, 0.2) is 18.2 Å². The van der Waals surface area contributed by atoms with Crippen LogP contribution in [0.3, 0.4) is 0 Å². The van der Waals surface area contributed by atoms with Crippen molar-refractivity contribution >= 4 is 11.8 Å². The molecule has 18 heavy (non-hydrogen) atoms. The number of imide groups is 1. The van der Waals surface area contributed by atoms with Gasteiger partial charge in [-0.05, 0) is 19.1 Å². The fraction of sp³-hybridized carbons (Fsp3) is 0.182. The van der Waals surface area contributed by atoms with Gasteiger partial charge in [0.15, 0.2) is 5.82 Å². The van der Waals surface area contributed by atoms with Crippen LogP contribution in [0.2, 0.25) is 0 Å². The van der Waals surface area contributed by atoms with Crippen LogP contribution in [0.25, 0.3) is 0 Å². The van der Waals surface area contributed by atoms with Gasteiger partial charge in [0.1, 0.15) is 0 Å². The quantitative estimate of drug-likeness (QED) is 0.766. The van der Waals surface area contributed by atoms with Gasteiger partial charge in [0.05, 0.1) is 17.7 Å². The summed E-state index contributed by atoms with van der Waals surface area (Å²) in [6.45, 7) is 1.90. The third-order valence-corrected chi connectivity index (χ3v) is 2.81. The van der Waals surface area contributed by atoms with Crippen molar-refractivity contribution in [1.29, 1.82) is 0 Å². The molecule has 1 aromatic heterocycles. The molecular weight excluding hydrogens is 234 g/mol. The normalized spacial score (nSPS) is 14.2. The second kappa shape index (κ2) is 3.73. The first kappa shape index (κ1) is 10.6. The molecule has 0 saturated heterocycles. The summed E-state index contributed by atoms with van der Waals surface area (Å²) in [7, 11) is 0. The average Bonchev–Trinajstić information content (AvgIpc) is 2.93. The van der Waals surface area contributed by atoms with Gasteiger partial charge >= 0.3 is 0 Å². The minimum atomic E-state index is -0.320. The molecule has 90 valence electrons. The molecule has 3 rings (SSSR count). The van der Waals surface area contributed by atoms with Gasteiger partial charge in [0, 0.05) is 0 Å². The highest BCUT2D eigenvalue weighted by Gasteiger charge is 2.36. The molecule has 2 heterocycles. The second-order valence-electron chi connectivity index (χ2n) is 4.07. The second-order valence-corrected chi connectivity index (χ2v) is 4.07. The maximum Gasteiger partial charge on any atom is 0.261 e. The van der Waals surface area contributed by atoms with Crippen molar-refractivity contribution in [1.82, 2.24) is 25.5 Å². The standard InChI is InChI=1S/C11H9N5O2/c1-6-2-3-7-8(4-6)11(18)16(10(7)17)5-9-12-14-15-13-9/h2-4H,5H2,1H3,(H,12,13,14,15). The monoisotopic (exact) mass is 243 g/mol. The maximum absolute atomic E-state index is 12.1.